The van der Waals surface area contributed by atoms with Gasteiger partial charge < -0.3 is 18.6 Å². The third kappa shape index (κ3) is 20.5. The van der Waals surface area contributed by atoms with E-state index in [0.29, 0.717) is 21.9 Å². The zero-order valence-corrected chi connectivity index (χ0v) is 24.6. The molecule has 0 aliphatic heterocycles. The average Bonchev–Trinajstić information content (AvgIpc) is 3.30. The number of hydrogen-bond donors (Lipinski definition) is 2. The number of aliphatic hydroxyl groups is 2. The number of nitrogens with zero attached hydrogens (tertiary/aromatic N) is 2. The second-order valence-corrected chi connectivity index (χ2v) is 11.8. The normalized spacial score (nSPS) is 13.1. The van der Waals surface area contributed by atoms with Crippen molar-refractivity contribution in [2.75, 3.05) is 11.5 Å². The van der Waals surface area contributed by atoms with Gasteiger partial charge >= 0.3 is 10.4 Å². The summed E-state index contributed by atoms with van der Waals surface area (Å²) in [7, 11) is 0. The fraction of sp³-hybridized carbons (Fsp3) is 0.923. The van der Waals surface area contributed by atoms with Gasteiger partial charge in [0.1, 0.15) is 0 Å². The van der Waals surface area contributed by atoms with E-state index >= 15 is 0 Å². The Bertz CT molecular complexity index is 534. The maximum atomic E-state index is 10.1. The molecule has 0 fully saturated rings. The molecule has 0 aromatic carbocycles. The molecule has 206 valence electrons. The van der Waals surface area contributed by atoms with Crippen molar-refractivity contribution in [2.24, 2.45) is 0 Å². The van der Waals surface area contributed by atoms with Crippen LogP contribution in [0.15, 0.2) is 0 Å². The van der Waals surface area contributed by atoms with Crippen LogP contribution in [0.3, 0.4) is 0 Å². The van der Waals surface area contributed by atoms with Crippen LogP contribution in [-0.2, 0) is 0 Å². The van der Waals surface area contributed by atoms with Gasteiger partial charge in [-0.15, -0.1) is 0 Å². The zero-order chi connectivity index (χ0) is 25.4. The monoisotopic (exact) mass is 550 g/mol. The van der Waals surface area contributed by atoms with Gasteiger partial charge in [-0.3, -0.25) is 0 Å². The third-order valence-corrected chi connectivity index (χ3v) is 8.43. The van der Waals surface area contributed by atoms with Crippen LogP contribution in [0.25, 0.3) is 0 Å². The Morgan fingerprint density at radius 2 is 0.943 bits per heavy atom. The zero-order valence-electron chi connectivity index (χ0n) is 22.1. The van der Waals surface area contributed by atoms with Crippen LogP contribution in [0.5, 0.6) is 10.4 Å². The molecule has 1 aromatic rings. The molecule has 2 N–H and O–H groups in total. The van der Waals surface area contributed by atoms with Crippen molar-refractivity contribution < 1.29 is 18.6 Å². The summed E-state index contributed by atoms with van der Waals surface area (Å²) in [6, 6.07) is 0. The molecule has 0 spiro atoms. The first-order valence-corrected chi connectivity index (χ1v) is 16.6. The van der Waals surface area contributed by atoms with Gasteiger partial charge in [0.05, 0.1) is 47.8 Å². The smallest absolute Gasteiger partial charge is 0.309 e. The fourth-order valence-electron chi connectivity index (χ4n) is 3.78. The van der Waals surface area contributed by atoms with Crippen molar-refractivity contribution in [2.45, 2.75) is 142 Å². The Morgan fingerprint density at radius 1 is 0.600 bits per heavy atom. The van der Waals surface area contributed by atoms with E-state index in [-0.39, 0.29) is 12.2 Å². The quantitative estimate of drug-likeness (QED) is 0.0879. The van der Waals surface area contributed by atoms with Crippen LogP contribution < -0.4 is 8.37 Å². The lowest BCUT2D eigenvalue weighted by molar-refractivity contribution is 0.183. The first-order valence-electron chi connectivity index (χ1n) is 13.9. The van der Waals surface area contributed by atoms with Gasteiger partial charge in [-0.2, -0.15) is 0 Å². The Morgan fingerprint density at radius 3 is 1.31 bits per heavy atom. The molecule has 1 heterocycles. The molecule has 0 bridgehead atoms. The van der Waals surface area contributed by atoms with Gasteiger partial charge in [-0.25, -0.2) is 0 Å². The highest BCUT2D eigenvalue weighted by Gasteiger charge is 2.12. The summed E-state index contributed by atoms with van der Waals surface area (Å²) in [5, 5.41) is 29.0. The largest absolute Gasteiger partial charge is 0.394 e. The molecule has 0 aliphatic carbocycles. The van der Waals surface area contributed by atoms with Crippen LogP contribution in [0.4, 0.5) is 0 Å². The van der Waals surface area contributed by atoms with Crippen molar-refractivity contribution >= 4 is 35.4 Å². The molecule has 0 radical (unpaired) electrons. The summed E-state index contributed by atoms with van der Waals surface area (Å²) >= 11 is 3.64. The summed E-state index contributed by atoms with van der Waals surface area (Å²) in [5.41, 5.74) is 0. The highest BCUT2D eigenvalue weighted by Crippen LogP contribution is 2.30. The number of unbranched alkanes of at least 4 members (excludes halogenated alkanes) is 14. The maximum Gasteiger partial charge on any atom is 0.309 e. The fourth-order valence-corrected chi connectivity index (χ4v) is 5.71. The molecular formula is C26H50N2O4S3. The molecule has 0 saturated heterocycles. The topological polar surface area (TPSA) is 84.7 Å². The van der Waals surface area contributed by atoms with Crippen LogP contribution in [-0.4, -0.2) is 44.1 Å². The average molecular weight is 551 g/mol. The molecule has 2 atom stereocenters. The predicted octanol–water partition coefficient (Wildman–Crippen LogP) is 8.38. The van der Waals surface area contributed by atoms with Crippen molar-refractivity contribution in [3.63, 3.8) is 0 Å². The summed E-state index contributed by atoms with van der Waals surface area (Å²) in [5.74, 6) is 1.04. The molecule has 6 nitrogen and oxygen atoms in total. The lowest BCUT2D eigenvalue weighted by Crippen LogP contribution is -2.10. The van der Waals surface area contributed by atoms with E-state index in [1.165, 1.54) is 125 Å². The highest BCUT2D eigenvalue weighted by molar-refractivity contribution is 7.95. The second-order valence-electron chi connectivity index (χ2n) is 9.40. The minimum Gasteiger partial charge on any atom is -0.394 e. The van der Waals surface area contributed by atoms with Crippen molar-refractivity contribution in [3.8, 4) is 10.4 Å². The number of rotatable bonds is 26. The maximum absolute atomic E-state index is 10.1. The van der Waals surface area contributed by atoms with E-state index < -0.39 is 0 Å². The van der Waals surface area contributed by atoms with Gasteiger partial charge in [-0.05, 0) is 24.2 Å². The Balaban J connectivity index is 1.97. The predicted molar refractivity (Wildman–Crippen MR) is 153 cm³/mol. The van der Waals surface area contributed by atoms with Crippen molar-refractivity contribution in [1.82, 2.24) is 10.2 Å². The molecule has 35 heavy (non-hydrogen) atoms. The van der Waals surface area contributed by atoms with E-state index in [4.69, 9.17) is 8.37 Å². The van der Waals surface area contributed by atoms with Gasteiger partial charge in [0.15, 0.2) is 0 Å². The summed E-state index contributed by atoms with van der Waals surface area (Å²) < 4.78 is 11.1. The van der Waals surface area contributed by atoms with E-state index in [1.54, 1.807) is 0 Å². The summed E-state index contributed by atoms with van der Waals surface area (Å²) in [6.45, 7) is 4.49. The van der Waals surface area contributed by atoms with E-state index in [9.17, 15) is 10.2 Å². The lowest BCUT2D eigenvalue weighted by Gasteiger charge is -2.09. The minimum absolute atomic E-state index is 0.359. The molecule has 0 saturated carbocycles. The Labute approximate surface area is 227 Å². The SMILES string of the molecule is CCCCCCCCCCC(O)CSOc1nnc(OSCC(O)CCCCCCCCCC)s1. The van der Waals surface area contributed by atoms with Gasteiger partial charge in [0.2, 0.25) is 0 Å². The summed E-state index contributed by atoms with van der Waals surface area (Å²) in [6.07, 6.45) is 21.2. The Kier molecular flexibility index (Phi) is 22.6. The van der Waals surface area contributed by atoms with Gasteiger partial charge in [0.25, 0.3) is 0 Å². The molecule has 1 aromatic heterocycles. The molecule has 0 amide bonds. The molecular weight excluding hydrogens is 500 g/mol. The number of aliphatic hydroxyl groups excluding tert-OH is 2. The standard InChI is InChI=1S/C26H50N2O4S3/c1-3-5-7-9-11-13-15-17-19-23(29)21-33-31-25-27-28-26(35-25)32-34-22-24(30)20-18-16-14-12-10-8-6-4-2/h23-24,29-30H,3-22H2,1-2H3. The minimum atomic E-state index is -0.359. The van der Waals surface area contributed by atoms with Gasteiger partial charge in [0, 0.05) is 0 Å². The molecule has 1 rings (SSSR count). The van der Waals surface area contributed by atoms with Crippen LogP contribution >= 0.6 is 35.4 Å². The lowest BCUT2D eigenvalue weighted by atomic mass is 10.1. The highest BCUT2D eigenvalue weighted by atomic mass is 32.2. The molecule has 9 heteroatoms. The van der Waals surface area contributed by atoms with Crippen LogP contribution in [0, 0.1) is 0 Å². The molecule has 0 aliphatic rings. The third-order valence-electron chi connectivity index (χ3n) is 5.95. The van der Waals surface area contributed by atoms with E-state index in [1.807, 2.05) is 0 Å². The van der Waals surface area contributed by atoms with Crippen LogP contribution in [0.1, 0.15) is 129 Å². The number of hydrogen-bond acceptors (Lipinski definition) is 9. The second kappa shape index (κ2) is 24.1. The van der Waals surface area contributed by atoms with E-state index in [2.05, 4.69) is 24.0 Å². The van der Waals surface area contributed by atoms with Crippen molar-refractivity contribution in [3.05, 3.63) is 0 Å². The Hall–Kier alpha value is -0.220. The van der Waals surface area contributed by atoms with Gasteiger partial charge in [-0.1, -0.05) is 127 Å². The first kappa shape index (κ1) is 32.8. The van der Waals surface area contributed by atoms with Crippen molar-refractivity contribution in [1.29, 1.82) is 0 Å². The van der Waals surface area contributed by atoms with E-state index in [0.717, 1.165) is 25.7 Å². The summed E-state index contributed by atoms with van der Waals surface area (Å²) in [4.78, 5) is 0. The van der Waals surface area contributed by atoms with Crippen LogP contribution in [0.2, 0.25) is 0 Å². The molecule has 2 unspecified atom stereocenters. The number of aromatic nitrogens is 2. The first-order chi connectivity index (χ1) is 17.2.